The monoisotopic (exact) mass is 233 g/mol. The van der Waals surface area contributed by atoms with Gasteiger partial charge in [-0.15, -0.1) is 0 Å². The number of carboxylic acids is 1. The molecule has 0 aromatic carbocycles. The average Bonchev–Trinajstić information content (AvgIpc) is 2.21. The summed E-state index contributed by atoms with van der Waals surface area (Å²) in [6, 6.07) is -0.376. The highest BCUT2D eigenvalue weighted by Crippen LogP contribution is 2.13. The maximum absolute atomic E-state index is 10.8. The molecule has 90 valence electrons. The highest BCUT2D eigenvalue weighted by molar-refractivity contribution is 7.99. The molecule has 15 heavy (non-hydrogen) atoms. The van der Waals surface area contributed by atoms with Crippen molar-refractivity contribution in [3.05, 3.63) is 0 Å². The van der Waals surface area contributed by atoms with E-state index in [2.05, 4.69) is 19.2 Å². The van der Waals surface area contributed by atoms with E-state index in [9.17, 15) is 4.79 Å². The number of thioether (sulfide) groups is 1. The van der Waals surface area contributed by atoms with Crippen molar-refractivity contribution in [2.75, 3.05) is 18.1 Å². The van der Waals surface area contributed by atoms with Crippen molar-refractivity contribution in [2.24, 2.45) is 5.92 Å². The van der Waals surface area contributed by atoms with Crippen LogP contribution in [-0.2, 0) is 4.79 Å². The Kier molecular flexibility index (Phi) is 8.91. The van der Waals surface area contributed by atoms with E-state index in [0.29, 0.717) is 13.0 Å². The maximum atomic E-state index is 10.8. The number of nitrogens with one attached hydrogen (secondary N) is 1. The lowest BCUT2D eigenvalue weighted by Crippen LogP contribution is -2.36. The van der Waals surface area contributed by atoms with Crippen LogP contribution in [0.25, 0.3) is 0 Å². The first kappa shape index (κ1) is 14.8. The lowest BCUT2D eigenvalue weighted by molar-refractivity contribution is -0.139. The fourth-order valence-corrected chi connectivity index (χ4v) is 2.37. The molecule has 0 heterocycles. The molecule has 0 bridgehead atoms. The first-order chi connectivity index (χ1) is 7.11. The number of aliphatic carboxylic acids is 1. The normalized spacial score (nSPS) is 14.9. The molecule has 0 aromatic heterocycles. The molecule has 0 amide bonds. The molecule has 0 aliphatic carbocycles. The van der Waals surface area contributed by atoms with Crippen LogP contribution >= 0.6 is 11.8 Å². The molecular formula is C11H23NO2S. The minimum absolute atomic E-state index is 0.376. The van der Waals surface area contributed by atoms with Crippen molar-refractivity contribution >= 4 is 17.7 Å². The summed E-state index contributed by atoms with van der Waals surface area (Å²) < 4.78 is 0. The lowest BCUT2D eigenvalue weighted by Gasteiger charge is -2.13. The summed E-state index contributed by atoms with van der Waals surface area (Å²) in [5.74, 6) is 2.06. The van der Waals surface area contributed by atoms with Crippen LogP contribution in [0, 0.1) is 5.92 Å². The van der Waals surface area contributed by atoms with E-state index in [-0.39, 0.29) is 6.04 Å². The molecule has 0 spiro atoms. The smallest absolute Gasteiger partial charge is 0.320 e. The second kappa shape index (κ2) is 9.04. The van der Waals surface area contributed by atoms with E-state index in [1.54, 1.807) is 0 Å². The topological polar surface area (TPSA) is 49.3 Å². The number of hydrogen-bond donors (Lipinski definition) is 2. The molecule has 0 rings (SSSR count). The number of carbonyl (C=O) groups is 1. The molecule has 2 unspecified atom stereocenters. The van der Waals surface area contributed by atoms with Crippen LogP contribution in [0.3, 0.4) is 0 Å². The first-order valence-electron chi connectivity index (χ1n) is 5.65. The highest BCUT2D eigenvalue weighted by Gasteiger charge is 2.14. The predicted molar refractivity (Wildman–Crippen MR) is 66.5 cm³/mol. The quantitative estimate of drug-likeness (QED) is 0.600. The number of hydrogen-bond acceptors (Lipinski definition) is 3. The minimum atomic E-state index is -0.735. The second-order valence-electron chi connectivity index (χ2n) is 3.83. The fraction of sp³-hybridized carbons (Fsp3) is 0.909. The minimum Gasteiger partial charge on any atom is -0.480 e. The summed E-state index contributed by atoms with van der Waals surface area (Å²) in [6.07, 6.45) is 1.91. The van der Waals surface area contributed by atoms with Gasteiger partial charge in [-0.3, -0.25) is 4.79 Å². The summed E-state index contributed by atoms with van der Waals surface area (Å²) in [7, 11) is 0. The Bertz CT molecular complexity index is 176. The molecule has 0 radical (unpaired) electrons. The van der Waals surface area contributed by atoms with Gasteiger partial charge in [0.2, 0.25) is 0 Å². The van der Waals surface area contributed by atoms with Gasteiger partial charge in [0.15, 0.2) is 0 Å². The third kappa shape index (κ3) is 7.68. The van der Waals surface area contributed by atoms with Crippen molar-refractivity contribution in [3.63, 3.8) is 0 Å². The molecule has 4 heteroatoms. The SMILES string of the molecule is CCNC(CCSCC(C)CC)C(=O)O. The molecule has 0 aliphatic heterocycles. The molecule has 3 nitrogen and oxygen atoms in total. The number of likely N-dealkylation sites (N-methyl/N-ethyl adjacent to an activating group) is 1. The van der Waals surface area contributed by atoms with Gasteiger partial charge in [0.05, 0.1) is 0 Å². The molecule has 2 N–H and O–H groups in total. The van der Waals surface area contributed by atoms with Crippen LogP contribution in [0.15, 0.2) is 0 Å². The fourth-order valence-electron chi connectivity index (χ4n) is 1.16. The molecule has 2 atom stereocenters. The molecule has 0 aromatic rings. The molecule has 0 aliphatic rings. The van der Waals surface area contributed by atoms with E-state index in [4.69, 9.17) is 5.11 Å². The van der Waals surface area contributed by atoms with E-state index in [1.165, 1.54) is 6.42 Å². The van der Waals surface area contributed by atoms with Gasteiger partial charge in [-0.1, -0.05) is 27.2 Å². The third-order valence-electron chi connectivity index (χ3n) is 2.40. The second-order valence-corrected chi connectivity index (χ2v) is 4.98. The third-order valence-corrected chi connectivity index (χ3v) is 3.73. The Labute approximate surface area is 97.0 Å². The predicted octanol–water partition coefficient (Wildman–Crippen LogP) is 2.22. The van der Waals surface area contributed by atoms with Crippen molar-refractivity contribution < 1.29 is 9.90 Å². The van der Waals surface area contributed by atoms with Gasteiger partial charge >= 0.3 is 5.97 Å². The Balaban J connectivity index is 3.58. The molecule has 0 saturated carbocycles. The lowest BCUT2D eigenvalue weighted by atomic mass is 10.2. The van der Waals surface area contributed by atoms with E-state index in [1.807, 2.05) is 18.7 Å². The average molecular weight is 233 g/mol. The summed E-state index contributed by atoms with van der Waals surface area (Å²) in [5, 5.41) is 11.9. The first-order valence-corrected chi connectivity index (χ1v) is 6.81. The van der Waals surface area contributed by atoms with Crippen molar-refractivity contribution in [3.8, 4) is 0 Å². The van der Waals surface area contributed by atoms with Gasteiger partial charge in [0.25, 0.3) is 0 Å². The zero-order valence-electron chi connectivity index (χ0n) is 9.95. The van der Waals surface area contributed by atoms with Crippen LogP contribution in [0.2, 0.25) is 0 Å². The van der Waals surface area contributed by atoms with Crippen molar-refractivity contribution in [2.45, 2.75) is 39.7 Å². The Morgan fingerprint density at radius 2 is 2.13 bits per heavy atom. The zero-order valence-corrected chi connectivity index (χ0v) is 10.8. The highest BCUT2D eigenvalue weighted by atomic mass is 32.2. The van der Waals surface area contributed by atoms with Gasteiger partial charge in [-0.2, -0.15) is 11.8 Å². The van der Waals surface area contributed by atoms with Crippen molar-refractivity contribution in [1.29, 1.82) is 0 Å². The van der Waals surface area contributed by atoms with Gasteiger partial charge in [0.1, 0.15) is 6.04 Å². The number of carboxylic acid groups (broad SMARTS) is 1. The Morgan fingerprint density at radius 3 is 2.60 bits per heavy atom. The Hall–Kier alpha value is -0.220. The molecule has 0 saturated heterocycles. The summed E-state index contributed by atoms with van der Waals surface area (Å²) in [4.78, 5) is 10.8. The van der Waals surface area contributed by atoms with Gasteiger partial charge in [0, 0.05) is 0 Å². The van der Waals surface area contributed by atoms with Gasteiger partial charge in [-0.25, -0.2) is 0 Å². The van der Waals surface area contributed by atoms with E-state index >= 15 is 0 Å². The summed E-state index contributed by atoms with van der Waals surface area (Å²) in [6.45, 7) is 7.06. The summed E-state index contributed by atoms with van der Waals surface area (Å²) >= 11 is 1.85. The van der Waals surface area contributed by atoms with Gasteiger partial charge < -0.3 is 10.4 Å². The molecule has 0 fully saturated rings. The summed E-state index contributed by atoms with van der Waals surface area (Å²) in [5.41, 5.74) is 0. The van der Waals surface area contributed by atoms with E-state index in [0.717, 1.165) is 17.4 Å². The van der Waals surface area contributed by atoms with Crippen LogP contribution in [-0.4, -0.2) is 35.2 Å². The van der Waals surface area contributed by atoms with Crippen LogP contribution in [0.5, 0.6) is 0 Å². The van der Waals surface area contributed by atoms with Crippen LogP contribution in [0.4, 0.5) is 0 Å². The van der Waals surface area contributed by atoms with Crippen molar-refractivity contribution in [1.82, 2.24) is 5.32 Å². The largest absolute Gasteiger partial charge is 0.480 e. The van der Waals surface area contributed by atoms with Crippen LogP contribution in [0.1, 0.15) is 33.6 Å². The van der Waals surface area contributed by atoms with Crippen LogP contribution < -0.4 is 5.32 Å². The van der Waals surface area contributed by atoms with E-state index < -0.39 is 5.97 Å². The molecular weight excluding hydrogens is 210 g/mol. The maximum Gasteiger partial charge on any atom is 0.320 e. The van der Waals surface area contributed by atoms with Gasteiger partial charge in [-0.05, 0) is 30.4 Å². The standard InChI is InChI=1S/C11H23NO2S/c1-4-9(3)8-15-7-6-10(11(13)14)12-5-2/h9-10,12H,4-8H2,1-3H3,(H,13,14). The zero-order chi connectivity index (χ0) is 11.7. The number of rotatable bonds is 9. The Morgan fingerprint density at radius 1 is 1.47 bits per heavy atom.